The molecule has 2 aliphatic heterocycles. The van der Waals surface area contributed by atoms with Crippen LogP contribution >= 0.6 is 0 Å². The number of methoxy groups -OCH3 is 2. The first-order chi connectivity index (χ1) is 14.0. The van der Waals surface area contributed by atoms with Crippen LogP contribution in [0.25, 0.3) is 11.2 Å². The summed E-state index contributed by atoms with van der Waals surface area (Å²) < 4.78 is 13.6. The Kier molecular flexibility index (Phi) is 3.77. The second kappa shape index (κ2) is 6.23. The fraction of sp³-hybridized carbons (Fsp3) is 0.286. The van der Waals surface area contributed by atoms with E-state index in [4.69, 9.17) is 9.47 Å². The lowest BCUT2D eigenvalue weighted by molar-refractivity contribution is -0.535. The van der Waals surface area contributed by atoms with Gasteiger partial charge in [0.05, 0.1) is 26.0 Å². The summed E-state index contributed by atoms with van der Waals surface area (Å²) in [4.78, 5) is 28.3. The van der Waals surface area contributed by atoms with Gasteiger partial charge in [0.2, 0.25) is 0 Å². The zero-order valence-electron chi connectivity index (χ0n) is 16.0. The van der Waals surface area contributed by atoms with Gasteiger partial charge in [0.1, 0.15) is 28.7 Å². The summed E-state index contributed by atoms with van der Waals surface area (Å²) in [5.74, 6) is 0.795. The lowest BCUT2D eigenvalue weighted by Gasteiger charge is -2.21. The lowest BCUT2D eigenvalue weighted by atomic mass is 10.1. The van der Waals surface area contributed by atoms with Crippen LogP contribution in [-0.2, 0) is 0 Å². The predicted octanol–water partition coefficient (Wildman–Crippen LogP) is 0.958. The second-order valence-corrected chi connectivity index (χ2v) is 7.19. The summed E-state index contributed by atoms with van der Waals surface area (Å²) >= 11 is 0. The molecular weight excluding hydrogens is 374 g/mol. The molecule has 2 aromatic heterocycles. The predicted molar refractivity (Wildman–Crippen MR) is 101 cm³/mol. The highest BCUT2D eigenvalue weighted by atomic mass is 16.5. The van der Waals surface area contributed by atoms with Crippen molar-refractivity contribution in [2.24, 2.45) is 0 Å². The van der Waals surface area contributed by atoms with Crippen LogP contribution in [0.4, 0.5) is 0 Å². The van der Waals surface area contributed by atoms with E-state index in [0.717, 1.165) is 6.42 Å². The fourth-order valence-electron chi connectivity index (χ4n) is 4.39. The van der Waals surface area contributed by atoms with Gasteiger partial charge in [0, 0.05) is 24.4 Å². The number of hydrogen-bond donors (Lipinski definition) is 0. The monoisotopic (exact) mass is 393 g/mol. The molecule has 1 amide bonds. The van der Waals surface area contributed by atoms with Crippen molar-refractivity contribution in [3.63, 3.8) is 0 Å². The van der Waals surface area contributed by atoms with Gasteiger partial charge in [-0.25, -0.2) is 9.20 Å². The number of carbonyl (C=O) groups excluding carboxylic acids is 1. The summed E-state index contributed by atoms with van der Waals surface area (Å²) in [6, 6.07) is 7.96. The molecule has 0 saturated carbocycles. The average molecular weight is 393 g/mol. The SMILES string of the molecule is COc1ccc2c(c1)C(=O)N1CCC[C@H]1c1n-2c(=O)c([O-])c2cc(OC)cc[n+]12. The molecular formula is C21H19N3O5. The Morgan fingerprint density at radius 2 is 1.86 bits per heavy atom. The first-order valence-corrected chi connectivity index (χ1v) is 9.40. The maximum Gasteiger partial charge on any atom is 0.335 e. The number of aromatic nitrogens is 2. The van der Waals surface area contributed by atoms with Gasteiger partial charge in [0.25, 0.3) is 11.7 Å². The van der Waals surface area contributed by atoms with Crippen molar-refractivity contribution < 1.29 is 23.8 Å². The van der Waals surface area contributed by atoms with Crippen molar-refractivity contribution in [1.82, 2.24) is 9.47 Å². The number of amides is 1. The maximum atomic E-state index is 13.3. The lowest BCUT2D eigenvalue weighted by Crippen LogP contribution is -2.43. The molecule has 1 fully saturated rings. The Labute approximate surface area is 166 Å². The van der Waals surface area contributed by atoms with Gasteiger partial charge in [0.15, 0.2) is 0 Å². The van der Waals surface area contributed by atoms with E-state index < -0.39 is 11.3 Å². The molecule has 1 saturated heterocycles. The molecule has 8 nitrogen and oxygen atoms in total. The quantitative estimate of drug-likeness (QED) is 0.605. The van der Waals surface area contributed by atoms with E-state index in [1.807, 2.05) is 0 Å². The third-order valence-corrected chi connectivity index (χ3v) is 5.75. The second-order valence-electron chi connectivity index (χ2n) is 7.19. The van der Waals surface area contributed by atoms with Crippen LogP contribution in [0.5, 0.6) is 17.2 Å². The number of nitrogens with zero attached hydrogens (tertiary/aromatic N) is 3. The highest BCUT2D eigenvalue weighted by Crippen LogP contribution is 2.37. The first-order valence-electron chi connectivity index (χ1n) is 9.40. The minimum absolute atomic E-state index is 0.167. The number of hydrogen-bond acceptors (Lipinski definition) is 5. The molecule has 1 atom stereocenters. The Morgan fingerprint density at radius 1 is 1.10 bits per heavy atom. The van der Waals surface area contributed by atoms with E-state index in [1.54, 1.807) is 45.8 Å². The van der Waals surface area contributed by atoms with Crippen LogP contribution in [0.2, 0.25) is 0 Å². The van der Waals surface area contributed by atoms with E-state index >= 15 is 0 Å². The van der Waals surface area contributed by atoms with E-state index in [2.05, 4.69) is 0 Å². The molecule has 4 heterocycles. The van der Waals surface area contributed by atoms with Crippen LogP contribution < -0.4 is 24.5 Å². The highest BCUT2D eigenvalue weighted by molar-refractivity contribution is 5.99. The molecule has 3 aromatic rings. The molecule has 8 heteroatoms. The van der Waals surface area contributed by atoms with Crippen LogP contribution in [-0.4, -0.2) is 36.1 Å². The molecule has 0 N–H and O–H groups in total. The average Bonchev–Trinajstić information content (AvgIpc) is 3.21. The van der Waals surface area contributed by atoms with E-state index in [0.29, 0.717) is 41.5 Å². The molecule has 5 rings (SSSR count). The number of carbonyl (C=O) groups is 1. The first kappa shape index (κ1) is 17.5. The number of rotatable bonds is 2. The molecule has 0 spiro atoms. The zero-order chi connectivity index (χ0) is 20.3. The van der Waals surface area contributed by atoms with Gasteiger partial charge in [-0.3, -0.25) is 4.79 Å². The minimum Gasteiger partial charge on any atom is -0.864 e. The summed E-state index contributed by atoms with van der Waals surface area (Å²) in [7, 11) is 3.03. The van der Waals surface area contributed by atoms with Crippen molar-refractivity contribution in [2.75, 3.05) is 20.8 Å². The smallest absolute Gasteiger partial charge is 0.335 e. The van der Waals surface area contributed by atoms with Crippen LogP contribution in [0.15, 0.2) is 41.3 Å². The molecule has 0 unspecified atom stereocenters. The van der Waals surface area contributed by atoms with E-state index in [-0.39, 0.29) is 17.5 Å². The summed E-state index contributed by atoms with van der Waals surface area (Å²) in [6.07, 6.45) is 3.25. The standard InChI is InChI=1S/C21H19N3O5/c1-28-12-5-6-15-14(10-12)20(26)23-8-3-4-16(23)19-22-9-7-13(29-2)11-17(22)18(25)21(27)24(15)19/h5-7,9-11,16H,3-4,8H2,1-2H3/t16-/m0/s1. The Morgan fingerprint density at radius 3 is 2.62 bits per heavy atom. The summed E-state index contributed by atoms with van der Waals surface area (Å²) in [5, 5.41) is 13.0. The Balaban J connectivity index is 1.95. The van der Waals surface area contributed by atoms with Gasteiger partial charge < -0.3 is 19.5 Å². The third kappa shape index (κ3) is 2.35. The molecule has 2 aliphatic rings. The van der Waals surface area contributed by atoms with E-state index in [9.17, 15) is 14.7 Å². The molecule has 148 valence electrons. The normalized spacial score (nSPS) is 17.5. The number of ether oxygens (including phenoxy) is 2. The molecule has 29 heavy (non-hydrogen) atoms. The van der Waals surface area contributed by atoms with Crippen molar-refractivity contribution >= 4 is 11.4 Å². The molecule has 1 aromatic carbocycles. The van der Waals surface area contributed by atoms with Gasteiger partial charge in [-0.05, 0) is 31.0 Å². The van der Waals surface area contributed by atoms with Crippen molar-refractivity contribution in [1.29, 1.82) is 0 Å². The van der Waals surface area contributed by atoms with Gasteiger partial charge in [-0.2, -0.15) is 4.57 Å². The Bertz CT molecular complexity index is 1230. The van der Waals surface area contributed by atoms with Gasteiger partial charge in [-0.15, -0.1) is 0 Å². The Hall–Kier alpha value is -3.55. The number of fused-ring (bicyclic) bond motifs is 7. The highest BCUT2D eigenvalue weighted by Gasteiger charge is 2.43. The van der Waals surface area contributed by atoms with Gasteiger partial charge in [-0.1, -0.05) is 0 Å². The topological polar surface area (TPSA) is 87.9 Å². The maximum absolute atomic E-state index is 13.3. The molecule has 0 radical (unpaired) electrons. The van der Waals surface area contributed by atoms with Crippen LogP contribution in [0.1, 0.15) is 35.1 Å². The number of benzene rings is 1. The van der Waals surface area contributed by atoms with Gasteiger partial charge >= 0.3 is 5.56 Å². The zero-order valence-corrected chi connectivity index (χ0v) is 16.0. The number of pyridine rings is 1. The van der Waals surface area contributed by atoms with Crippen molar-refractivity contribution in [3.05, 3.63) is 58.3 Å². The summed E-state index contributed by atoms with van der Waals surface area (Å²) in [6.45, 7) is 0.589. The van der Waals surface area contributed by atoms with E-state index in [1.165, 1.54) is 18.8 Å². The largest absolute Gasteiger partial charge is 0.864 e. The van der Waals surface area contributed by atoms with Crippen molar-refractivity contribution in [2.45, 2.75) is 18.9 Å². The van der Waals surface area contributed by atoms with Crippen LogP contribution in [0, 0.1) is 0 Å². The molecule has 0 bridgehead atoms. The molecule has 0 aliphatic carbocycles. The van der Waals surface area contributed by atoms with Crippen LogP contribution in [0.3, 0.4) is 0 Å². The van der Waals surface area contributed by atoms with Crippen molar-refractivity contribution in [3.8, 4) is 22.9 Å². The minimum atomic E-state index is -0.679. The third-order valence-electron chi connectivity index (χ3n) is 5.75. The fourth-order valence-corrected chi connectivity index (χ4v) is 4.39. The summed E-state index contributed by atoms with van der Waals surface area (Å²) in [5.41, 5.74) is 0.301.